The summed E-state index contributed by atoms with van der Waals surface area (Å²) in [6.07, 6.45) is 0.562. The highest BCUT2D eigenvalue weighted by Crippen LogP contribution is 2.16. The van der Waals surface area contributed by atoms with E-state index >= 15 is 0 Å². The molecular weight excluding hydrogens is 316 g/mol. The zero-order chi connectivity index (χ0) is 17.8. The van der Waals surface area contributed by atoms with Crippen molar-refractivity contribution in [2.24, 2.45) is 0 Å². The van der Waals surface area contributed by atoms with Crippen molar-refractivity contribution in [3.63, 3.8) is 0 Å². The molecule has 0 unspecified atom stereocenters. The summed E-state index contributed by atoms with van der Waals surface area (Å²) in [6.45, 7) is 2.24. The minimum atomic E-state index is -0.955. The van der Waals surface area contributed by atoms with Crippen molar-refractivity contribution in [3.05, 3.63) is 77.0 Å². The van der Waals surface area contributed by atoms with Crippen LogP contribution in [0.1, 0.15) is 32.0 Å². The second-order valence-electron chi connectivity index (χ2n) is 5.83. The first-order valence-corrected chi connectivity index (χ1v) is 8.01. The van der Waals surface area contributed by atoms with Crippen LogP contribution in [0.4, 0.5) is 0 Å². The molecule has 0 spiro atoms. The van der Waals surface area contributed by atoms with Gasteiger partial charge in [-0.1, -0.05) is 30.3 Å². The molecule has 1 aromatic heterocycles. The molecule has 0 saturated carbocycles. The quantitative estimate of drug-likeness (QED) is 0.751. The first kappa shape index (κ1) is 16.6. The second kappa shape index (κ2) is 7.13. The monoisotopic (exact) mass is 334 g/mol. The van der Waals surface area contributed by atoms with Gasteiger partial charge in [0.2, 0.25) is 0 Å². The summed E-state index contributed by atoms with van der Waals surface area (Å²) in [5, 5.41) is 12.8. The topological polar surface area (TPSA) is 79.3 Å². The molecule has 0 fully saturated rings. The van der Waals surface area contributed by atoms with Crippen LogP contribution >= 0.6 is 0 Å². The van der Waals surface area contributed by atoms with Gasteiger partial charge in [-0.15, -0.1) is 0 Å². The number of aromatic nitrogens is 1. The van der Waals surface area contributed by atoms with E-state index in [2.05, 4.69) is 10.3 Å². The van der Waals surface area contributed by atoms with Crippen molar-refractivity contribution in [2.75, 3.05) is 6.54 Å². The SMILES string of the molecule is Cc1nc2ccccc2cc1C(=O)NCCc1cccc(C(=O)O)c1. The van der Waals surface area contributed by atoms with Crippen molar-refractivity contribution in [1.29, 1.82) is 0 Å². The van der Waals surface area contributed by atoms with E-state index in [4.69, 9.17) is 5.11 Å². The number of benzene rings is 2. The van der Waals surface area contributed by atoms with E-state index < -0.39 is 5.97 Å². The molecule has 0 radical (unpaired) electrons. The number of aromatic carboxylic acids is 1. The number of aryl methyl sites for hydroxylation is 1. The molecule has 0 bridgehead atoms. The number of carboxylic acids is 1. The third-order valence-corrected chi connectivity index (χ3v) is 4.03. The molecule has 5 heteroatoms. The Morgan fingerprint density at radius 3 is 2.68 bits per heavy atom. The number of rotatable bonds is 5. The number of carbonyl (C=O) groups excluding carboxylic acids is 1. The maximum absolute atomic E-state index is 12.4. The van der Waals surface area contributed by atoms with Crippen molar-refractivity contribution in [2.45, 2.75) is 13.3 Å². The number of amides is 1. The number of fused-ring (bicyclic) bond motifs is 1. The molecule has 25 heavy (non-hydrogen) atoms. The summed E-state index contributed by atoms with van der Waals surface area (Å²) in [5.74, 6) is -1.13. The van der Waals surface area contributed by atoms with Gasteiger partial charge in [0.15, 0.2) is 0 Å². The maximum Gasteiger partial charge on any atom is 0.335 e. The van der Waals surface area contributed by atoms with E-state index in [-0.39, 0.29) is 11.5 Å². The van der Waals surface area contributed by atoms with Crippen LogP contribution in [0.3, 0.4) is 0 Å². The Morgan fingerprint density at radius 2 is 1.88 bits per heavy atom. The number of carboxylic acid groups (broad SMARTS) is 1. The van der Waals surface area contributed by atoms with E-state index in [0.717, 1.165) is 16.5 Å². The normalized spacial score (nSPS) is 10.6. The minimum absolute atomic E-state index is 0.176. The molecule has 0 aliphatic rings. The highest BCUT2D eigenvalue weighted by molar-refractivity contribution is 5.98. The summed E-state index contributed by atoms with van der Waals surface area (Å²) in [4.78, 5) is 27.9. The van der Waals surface area contributed by atoms with Gasteiger partial charge in [-0.2, -0.15) is 0 Å². The lowest BCUT2D eigenvalue weighted by atomic mass is 10.1. The smallest absolute Gasteiger partial charge is 0.335 e. The van der Waals surface area contributed by atoms with Crippen LogP contribution in [-0.4, -0.2) is 28.5 Å². The Balaban J connectivity index is 1.68. The number of hydrogen-bond donors (Lipinski definition) is 2. The predicted molar refractivity (Wildman–Crippen MR) is 95.9 cm³/mol. The third-order valence-electron chi connectivity index (χ3n) is 4.03. The number of carbonyl (C=O) groups is 2. The van der Waals surface area contributed by atoms with Gasteiger partial charge >= 0.3 is 5.97 Å². The van der Waals surface area contributed by atoms with Gasteiger partial charge in [0, 0.05) is 11.9 Å². The van der Waals surface area contributed by atoms with Crippen LogP contribution in [0, 0.1) is 6.92 Å². The Morgan fingerprint density at radius 1 is 1.08 bits per heavy atom. The maximum atomic E-state index is 12.4. The first-order chi connectivity index (χ1) is 12.0. The van der Waals surface area contributed by atoms with Crippen LogP contribution in [-0.2, 0) is 6.42 Å². The third kappa shape index (κ3) is 3.83. The lowest BCUT2D eigenvalue weighted by Crippen LogP contribution is -2.26. The lowest BCUT2D eigenvalue weighted by molar-refractivity contribution is 0.0696. The van der Waals surface area contributed by atoms with E-state index in [1.165, 1.54) is 0 Å². The van der Waals surface area contributed by atoms with E-state index in [0.29, 0.717) is 24.2 Å². The highest BCUT2D eigenvalue weighted by atomic mass is 16.4. The molecule has 3 aromatic rings. The average Bonchev–Trinajstić information content (AvgIpc) is 2.61. The van der Waals surface area contributed by atoms with Crippen LogP contribution in [0.15, 0.2) is 54.6 Å². The van der Waals surface area contributed by atoms with Crippen LogP contribution in [0.2, 0.25) is 0 Å². The summed E-state index contributed by atoms with van der Waals surface area (Å²) in [6, 6.07) is 16.2. The van der Waals surface area contributed by atoms with Gasteiger partial charge in [0.25, 0.3) is 5.91 Å². The van der Waals surface area contributed by atoms with Crippen molar-refractivity contribution < 1.29 is 14.7 Å². The van der Waals surface area contributed by atoms with E-state index in [9.17, 15) is 9.59 Å². The first-order valence-electron chi connectivity index (χ1n) is 8.01. The molecule has 5 nitrogen and oxygen atoms in total. The molecule has 0 aliphatic heterocycles. The molecule has 2 N–H and O–H groups in total. The summed E-state index contributed by atoms with van der Waals surface area (Å²) >= 11 is 0. The number of para-hydroxylation sites is 1. The Kier molecular flexibility index (Phi) is 4.75. The van der Waals surface area contributed by atoms with Gasteiger partial charge in [-0.3, -0.25) is 9.78 Å². The Hall–Kier alpha value is -3.21. The second-order valence-corrected chi connectivity index (χ2v) is 5.83. The van der Waals surface area contributed by atoms with Crippen LogP contribution in [0.25, 0.3) is 10.9 Å². The fourth-order valence-corrected chi connectivity index (χ4v) is 2.72. The minimum Gasteiger partial charge on any atom is -0.478 e. The Labute approximate surface area is 145 Å². The standard InChI is InChI=1S/C20H18N2O3/c1-13-17(12-15-6-2-3-8-18(15)22-13)19(23)21-10-9-14-5-4-7-16(11-14)20(24)25/h2-8,11-12H,9-10H2,1H3,(H,21,23)(H,24,25). The lowest BCUT2D eigenvalue weighted by Gasteiger charge is -2.09. The number of hydrogen-bond acceptors (Lipinski definition) is 3. The number of nitrogens with one attached hydrogen (secondary N) is 1. The Bertz CT molecular complexity index is 951. The molecule has 0 atom stereocenters. The summed E-state index contributed by atoms with van der Waals surface area (Å²) < 4.78 is 0. The molecule has 0 aliphatic carbocycles. The average molecular weight is 334 g/mol. The van der Waals surface area contributed by atoms with Gasteiger partial charge in [-0.25, -0.2) is 4.79 Å². The molecule has 0 saturated heterocycles. The molecule has 1 heterocycles. The fourth-order valence-electron chi connectivity index (χ4n) is 2.72. The van der Waals surface area contributed by atoms with E-state index in [1.54, 1.807) is 18.2 Å². The van der Waals surface area contributed by atoms with Crippen LogP contribution < -0.4 is 5.32 Å². The molecule has 2 aromatic carbocycles. The van der Waals surface area contributed by atoms with Crippen LogP contribution in [0.5, 0.6) is 0 Å². The fraction of sp³-hybridized carbons (Fsp3) is 0.150. The summed E-state index contributed by atoms with van der Waals surface area (Å²) in [5.41, 5.74) is 3.22. The molecule has 126 valence electrons. The van der Waals surface area contributed by atoms with Crippen molar-refractivity contribution in [1.82, 2.24) is 10.3 Å². The molecule has 3 rings (SSSR count). The van der Waals surface area contributed by atoms with E-state index in [1.807, 2.05) is 43.3 Å². The van der Waals surface area contributed by atoms with Crippen molar-refractivity contribution in [3.8, 4) is 0 Å². The van der Waals surface area contributed by atoms with Gasteiger partial charge in [0.05, 0.1) is 22.3 Å². The highest BCUT2D eigenvalue weighted by Gasteiger charge is 2.11. The van der Waals surface area contributed by atoms with Gasteiger partial charge in [-0.05, 0) is 43.2 Å². The molecular formula is C20H18N2O3. The van der Waals surface area contributed by atoms with Gasteiger partial charge < -0.3 is 10.4 Å². The number of nitrogens with zero attached hydrogens (tertiary/aromatic N) is 1. The largest absolute Gasteiger partial charge is 0.478 e. The zero-order valence-corrected chi connectivity index (χ0v) is 13.8. The van der Waals surface area contributed by atoms with Gasteiger partial charge in [0.1, 0.15) is 0 Å². The predicted octanol–water partition coefficient (Wildman–Crippen LogP) is 3.21. The number of pyridine rings is 1. The summed E-state index contributed by atoms with van der Waals surface area (Å²) in [7, 11) is 0. The molecule has 1 amide bonds. The zero-order valence-electron chi connectivity index (χ0n) is 13.8. The van der Waals surface area contributed by atoms with Crippen molar-refractivity contribution >= 4 is 22.8 Å².